The molecule has 106 valence electrons. The Morgan fingerprint density at radius 3 is 2.15 bits per heavy atom. The summed E-state index contributed by atoms with van der Waals surface area (Å²) in [7, 11) is 6.14. The zero-order chi connectivity index (χ0) is 13.8. The maximum Gasteiger partial charge on any atom is 0.205 e. The van der Waals surface area contributed by atoms with Crippen LogP contribution in [-0.4, -0.2) is 31.4 Å². The number of hydrogen-bond acceptors (Lipinski definition) is 1. The second-order valence-corrected chi connectivity index (χ2v) is 4.91. The van der Waals surface area contributed by atoms with Crippen molar-refractivity contribution in [3.8, 4) is 0 Å². The van der Waals surface area contributed by atoms with Crippen LogP contribution in [0.15, 0.2) is 55.1 Å². The predicted octanol–water partition coefficient (Wildman–Crippen LogP) is 0.327. The van der Waals surface area contributed by atoms with Crippen LogP contribution in [0, 0.1) is 0 Å². The topological polar surface area (TPSA) is 6.25 Å². The van der Waals surface area contributed by atoms with Gasteiger partial charge in [-0.1, -0.05) is 12.2 Å². The summed E-state index contributed by atoms with van der Waals surface area (Å²) in [6, 6.07) is 8.47. The van der Waals surface area contributed by atoms with Gasteiger partial charge in [-0.3, -0.25) is 0 Å². The van der Waals surface area contributed by atoms with Gasteiger partial charge in [0.2, 0.25) is 11.4 Å². The summed E-state index contributed by atoms with van der Waals surface area (Å²) >= 11 is 0. The Balaban J connectivity index is 0.00000200. The molecule has 1 aromatic carbocycles. The van der Waals surface area contributed by atoms with E-state index in [1.54, 1.807) is 0 Å². The second-order valence-electron chi connectivity index (χ2n) is 4.91. The molecule has 0 aliphatic heterocycles. The lowest BCUT2D eigenvalue weighted by molar-refractivity contribution is -0.393. The molecule has 0 unspecified atom stereocenters. The molecule has 0 spiro atoms. The van der Waals surface area contributed by atoms with E-state index in [9.17, 15) is 0 Å². The number of anilines is 1. The van der Waals surface area contributed by atoms with Gasteiger partial charge in [0, 0.05) is 37.5 Å². The van der Waals surface area contributed by atoms with Crippen molar-refractivity contribution in [1.82, 2.24) is 0 Å². The van der Waals surface area contributed by atoms with Crippen LogP contribution in [0.5, 0.6) is 0 Å². The minimum Gasteiger partial charge on any atom is -1.00 e. The first-order valence-electron chi connectivity index (χ1n) is 6.50. The fourth-order valence-corrected chi connectivity index (χ4v) is 2.04. The lowest BCUT2D eigenvalue weighted by Crippen LogP contribution is -3.00. The van der Waals surface area contributed by atoms with E-state index in [0.717, 1.165) is 17.7 Å². The quantitative estimate of drug-likeness (QED) is 0.727. The van der Waals surface area contributed by atoms with Gasteiger partial charge in [0.1, 0.15) is 7.05 Å². The van der Waals surface area contributed by atoms with Crippen molar-refractivity contribution in [2.75, 3.05) is 26.0 Å². The number of allylic oxidation sites excluding steroid dienone is 4. The van der Waals surface area contributed by atoms with E-state index < -0.39 is 0 Å². The van der Waals surface area contributed by atoms with Gasteiger partial charge in [-0.15, -0.1) is 0 Å². The maximum atomic E-state index is 4.20. The highest BCUT2D eigenvalue weighted by molar-refractivity contribution is 6.02. The Morgan fingerprint density at radius 1 is 1.10 bits per heavy atom. The molecule has 0 saturated heterocycles. The molecule has 1 aliphatic carbocycles. The first kappa shape index (κ1) is 16.3. The first-order chi connectivity index (χ1) is 9.09. The first-order valence-corrected chi connectivity index (χ1v) is 6.50. The Bertz CT molecular complexity index is 549. The molecule has 0 atom stereocenters. The Kier molecular flexibility index (Phi) is 5.78. The van der Waals surface area contributed by atoms with E-state index in [-0.39, 0.29) is 12.4 Å². The Morgan fingerprint density at radius 2 is 1.65 bits per heavy atom. The average Bonchev–Trinajstić information content (AvgIpc) is 2.46. The Hall–Kier alpha value is -1.80. The van der Waals surface area contributed by atoms with Crippen LogP contribution in [0.2, 0.25) is 0 Å². The smallest absolute Gasteiger partial charge is 0.205 e. The van der Waals surface area contributed by atoms with Crippen LogP contribution in [0.3, 0.4) is 0 Å². The minimum absolute atomic E-state index is 0. The average molecular weight is 289 g/mol. The summed E-state index contributed by atoms with van der Waals surface area (Å²) in [4.78, 5) is 2.09. The van der Waals surface area contributed by atoms with Gasteiger partial charge in [0.25, 0.3) is 0 Å². The van der Waals surface area contributed by atoms with Gasteiger partial charge < -0.3 is 17.3 Å². The third-order valence-corrected chi connectivity index (χ3v) is 3.36. The van der Waals surface area contributed by atoms with Gasteiger partial charge in [0.15, 0.2) is 0 Å². The van der Waals surface area contributed by atoms with Crippen molar-refractivity contribution in [3.63, 3.8) is 0 Å². The largest absolute Gasteiger partial charge is 1.00 e. The molecule has 0 amide bonds. The molecule has 2 nitrogen and oxygen atoms in total. The highest BCUT2D eigenvalue weighted by Crippen LogP contribution is 2.18. The number of rotatable bonds is 3. The van der Waals surface area contributed by atoms with Crippen LogP contribution in [0.1, 0.15) is 12.0 Å². The van der Waals surface area contributed by atoms with Crippen LogP contribution >= 0.6 is 0 Å². The monoisotopic (exact) mass is 288 g/mol. The lowest BCUT2D eigenvalue weighted by atomic mass is 10.1. The van der Waals surface area contributed by atoms with Crippen molar-refractivity contribution < 1.29 is 17.0 Å². The van der Waals surface area contributed by atoms with Crippen LogP contribution in [0.25, 0.3) is 5.70 Å². The molecule has 1 aromatic rings. The maximum absolute atomic E-state index is 4.20. The summed E-state index contributed by atoms with van der Waals surface area (Å²) < 4.78 is 2.12. The normalized spacial score (nSPS) is 12.8. The highest BCUT2D eigenvalue weighted by atomic mass is 35.5. The van der Waals surface area contributed by atoms with Crippen LogP contribution in [-0.2, 0) is 0 Å². The highest BCUT2D eigenvalue weighted by Gasteiger charge is 2.13. The fourth-order valence-electron chi connectivity index (χ4n) is 2.04. The minimum atomic E-state index is 0. The van der Waals surface area contributed by atoms with Gasteiger partial charge in [-0.2, -0.15) is 4.58 Å². The SMILES string of the molecule is C=C(c1ccc(N(C)C)cc1)[N+](C)=C1C=CCC=C1.[Cl-]. The molecule has 20 heavy (non-hydrogen) atoms. The van der Waals surface area contributed by atoms with Crippen LogP contribution in [0.4, 0.5) is 5.69 Å². The zero-order valence-electron chi connectivity index (χ0n) is 12.3. The van der Waals surface area contributed by atoms with Crippen molar-refractivity contribution >= 4 is 17.1 Å². The van der Waals surface area contributed by atoms with E-state index in [1.165, 1.54) is 11.4 Å². The molecule has 0 fully saturated rings. The second kappa shape index (κ2) is 7.11. The van der Waals surface area contributed by atoms with Gasteiger partial charge in [-0.05, 0) is 37.3 Å². The zero-order valence-corrected chi connectivity index (χ0v) is 13.1. The van der Waals surface area contributed by atoms with E-state index >= 15 is 0 Å². The molecular weight excluding hydrogens is 268 g/mol. The van der Waals surface area contributed by atoms with Gasteiger partial charge in [-0.25, -0.2) is 0 Å². The number of hydrogen-bond donors (Lipinski definition) is 0. The molecular formula is C17H21ClN2. The molecule has 2 rings (SSSR count). The molecule has 1 aliphatic rings. The van der Waals surface area contributed by atoms with Crippen molar-refractivity contribution in [1.29, 1.82) is 0 Å². The summed E-state index contributed by atoms with van der Waals surface area (Å²) in [5.74, 6) is 0. The van der Waals surface area contributed by atoms with Crippen molar-refractivity contribution in [2.24, 2.45) is 0 Å². The summed E-state index contributed by atoms with van der Waals surface area (Å²) in [5, 5.41) is 0. The molecule has 0 bridgehead atoms. The van der Waals surface area contributed by atoms with E-state index in [1.807, 2.05) is 14.1 Å². The number of nitrogens with zero attached hydrogens (tertiary/aromatic N) is 2. The molecule has 0 saturated carbocycles. The van der Waals surface area contributed by atoms with Gasteiger partial charge >= 0.3 is 0 Å². The van der Waals surface area contributed by atoms with E-state index in [4.69, 9.17) is 0 Å². The number of halogens is 1. The third kappa shape index (κ3) is 3.61. The third-order valence-electron chi connectivity index (χ3n) is 3.36. The molecule has 0 radical (unpaired) electrons. The molecule has 0 N–H and O–H groups in total. The molecule has 0 heterocycles. The van der Waals surface area contributed by atoms with Crippen LogP contribution < -0.4 is 17.3 Å². The number of benzene rings is 1. The summed E-state index contributed by atoms with van der Waals surface area (Å²) in [6.07, 6.45) is 9.61. The summed E-state index contributed by atoms with van der Waals surface area (Å²) in [5.41, 5.74) is 4.53. The molecule has 0 aromatic heterocycles. The Labute approximate surface area is 127 Å². The fraction of sp³-hybridized carbons (Fsp3) is 0.235. The van der Waals surface area contributed by atoms with Crippen molar-refractivity contribution in [3.05, 3.63) is 60.7 Å². The lowest BCUT2D eigenvalue weighted by Gasteiger charge is -2.12. The predicted molar refractivity (Wildman–Crippen MR) is 83.9 cm³/mol. The van der Waals surface area contributed by atoms with E-state index in [2.05, 4.69) is 71.7 Å². The standard InChI is InChI=1S/C17H21N2.ClH/c1-14(19(4)17-8-6-5-7-9-17)15-10-12-16(13-11-15)18(2)3;/h6-13H,1,5H2,2-4H3;1H/q+1;/p-1. The van der Waals surface area contributed by atoms with Gasteiger partial charge in [0.05, 0.1) is 0 Å². The van der Waals surface area contributed by atoms with E-state index in [0.29, 0.717) is 0 Å². The van der Waals surface area contributed by atoms with Crippen molar-refractivity contribution in [2.45, 2.75) is 6.42 Å². The summed E-state index contributed by atoms with van der Waals surface area (Å²) in [6.45, 7) is 4.20. The molecule has 3 heteroatoms.